The summed E-state index contributed by atoms with van der Waals surface area (Å²) in [5.41, 5.74) is 3.05. The molecule has 0 aromatic carbocycles. The molecule has 1 saturated heterocycles. The van der Waals surface area contributed by atoms with Gasteiger partial charge in [-0.25, -0.2) is 14.6 Å². The topological polar surface area (TPSA) is 76.8 Å². The summed E-state index contributed by atoms with van der Waals surface area (Å²) in [6, 6.07) is 6.00. The number of likely N-dealkylation sites (tertiary alicyclic amines) is 1. The van der Waals surface area contributed by atoms with Crippen molar-refractivity contribution in [1.29, 1.82) is 0 Å². The first-order valence-corrected chi connectivity index (χ1v) is 9.77. The van der Waals surface area contributed by atoms with Gasteiger partial charge in [0.1, 0.15) is 0 Å². The highest BCUT2D eigenvalue weighted by molar-refractivity contribution is 5.98. The van der Waals surface area contributed by atoms with Crippen LogP contribution in [0.2, 0.25) is 0 Å². The lowest BCUT2D eigenvalue weighted by Gasteiger charge is -2.32. The van der Waals surface area contributed by atoms with Crippen molar-refractivity contribution in [3.8, 4) is 0 Å². The number of amides is 1. The van der Waals surface area contributed by atoms with Crippen LogP contribution in [0.3, 0.4) is 0 Å². The zero-order chi connectivity index (χ0) is 19.9. The molecule has 0 N–H and O–H groups in total. The average Bonchev–Trinajstić information content (AvgIpc) is 3.18. The van der Waals surface area contributed by atoms with Crippen LogP contribution in [0.1, 0.15) is 61.4 Å². The molecule has 3 aromatic rings. The number of piperidine rings is 1. The Bertz CT molecular complexity index is 1010. The normalized spacial score (nSPS) is 15.9. The third kappa shape index (κ3) is 3.48. The predicted octanol–water partition coefficient (Wildman–Crippen LogP) is 3.30. The highest BCUT2D eigenvalue weighted by atomic mass is 16.2. The molecule has 0 bridgehead atoms. The van der Waals surface area contributed by atoms with Crippen molar-refractivity contribution < 1.29 is 4.79 Å². The van der Waals surface area contributed by atoms with Crippen LogP contribution in [0.4, 0.5) is 0 Å². The smallest absolute Gasteiger partial charge is 0.255 e. The number of nitrogens with zero attached hydrogens (tertiary/aromatic N) is 6. The Morgan fingerprint density at radius 2 is 1.96 bits per heavy atom. The van der Waals surface area contributed by atoms with Gasteiger partial charge in [-0.1, -0.05) is 26.0 Å². The number of carbonyl (C=O) groups excluding carboxylic acids is 1. The van der Waals surface area contributed by atoms with E-state index in [1.165, 1.54) is 0 Å². The monoisotopic (exact) mass is 378 g/mol. The molecule has 0 unspecified atom stereocenters. The Labute approximate surface area is 164 Å². The minimum absolute atomic E-state index is 0.00954. The zero-order valence-electron chi connectivity index (χ0n) is 16.9. The van der Waals surface area contributed by atoms with Crippen molar-refractivity contribution in [2.45, 2.75) is 52.0 Å². The molecule has 1 aliphatic heterocycles. The summed E-state index contributed by atoms with van der Waals surface area (Å²) >= 11 is 0. The first-order chi connectivity index (χ1) is 13.3. The minimum Gasteiger partial charge on any atom is -0.338 e. The number of aromatic nitrogens is 5. The van der Waals surface area contributed by atoms with E-state index in [4.69, 9.17) is 0 Å². The van der Waals surface area contributed by atoms with Gasteiger partial charge in [0.15, 0.2) is 5.65 Å². The van der Waals surface area contributed by atoms with Crippen LogP contribution in [0, 0.1) is 6.92 Å². The molecule has 146 valence electrons. The minimum atomic E-state index is -0.00954. The predicted molar refractivity (Wildman–Crippen MR) is 107 cm³/mol. The van der Waals surface area contributed by atoms with E-state index in [1.54, 1.807) is 6.20 Å². The van der Waals surface area contributed by atoms with Crippen LogP contribution >= 0.6 is 0 Å². The Morgan fingerprint density at radius 1 is 1.21 bits per heavy atom. The summed E-state index contributed by atoms with van der Waals surface area (Å²) in [5, 5.41) is 9.54. The molecule has 0 spiro atoms. The number of rotatable bonds is 2. The van der Waals surface area contributed by atoms with Crippen LogP contribution in [-0.4, -0.2) is 48.9 Å². The number of hydrogen-bond acceptors (Lipinski definition) is 5. The van der Waals surface area contributed by atoms with E-state index < -0.39 is 0 Å². The van der Waals surface area contributed by atoms with Crippen molar-refractivity contribution in [2.75, 3.05) is 13.1 Å². The van der Waals surface area contributed by atoms with E-state index in [-0.39, 0.29) is 17.4 Å². The number of carbonyl (C=O) groups is 1. The average molecular weight is 378 g/mol. The number of pyridine rings is 2. The highest BCUT2D eigenvalue weighted by Crippen LogP contribution is 2.26. The molecule has 0 radical (unpaired) electrons. The maximum absolute atomic E-state index is 13.1. The van der Waals surface area contributed by atoms with Gasteiger partial charge in [0.2, 0.25) is 0 Å². The van der Waals surface area contributed by atoms with Crippen molar-refractivity contribution in [3.63, 3.8) is 0 Å². The van der Waals surface area contributed by atoms with Crippen LogP contribution in [0.25, 0.3) is 11.0 Å². The van der Waals surface area contributed by atoms with Crippen molar-refractivity contribution in [3.05, 3.63) is 47.5 Å². The van der Waals surface area contributed by atoms with E-state index >= 15 is 0 Å². The zero-order valence-corrected chi connectivity index (χ0v) is 16.9. The molecule has 1 amide bonds. The molecule has 4 rings (SSSR count). The van der Waals surface area contributed by atoms with Gasteiger partial charge in [-0.2, -0.15) is 0 Å². The maximum Gasteiger partial charge on any atom is 0.255 e. The molecule has 7 heteroatoms. The Morgan fingerprint density at radius 3 is 2.64 bits per heavy atom. The fraction of sp³-hybridized carbons (Fsp3) is 0.476. The Hall–Kier alpha value is -2.83. The van der Waals surface area contributed by atoms with Crippen LogP contribution in [0.15, 0.2) is 30.6 Å². The van der Waals surface area contributed by atoms with Gasteiger partial charge in [-0.3, -0.25) is 4.79 Å². The first-order valence-electron chi connectivity index (χ1n) is 9.77. The molecular formula is C21H26N6O. The summed E-state index contributed by atoms with van der Waals surface area (Å²) in [5.74, 6) is 0.0446. The van der Waals surface area contributed by atoms with Crippen molar-refractivity contribution >= 4 is 16.9 Å². The summed E-state index contributed by atoms with van der Waals surface area (Å²) in [6.45, 7) is 9.70. The molecule has 1 fully saturated rings. The summed E-state index contributed by atoms with van der Waals surface area (Å²) < 4.78 is 1.97. The fourth-order valence-corrected chi connectivity index (χ4v) is 3.61. The summed E-state index contributed by atoms with van der Waals surface area (Å²) in [4.78, 5) is 23.8. The molecule has 4 heterocycles. The lowest BCUT2D eigenvalue weighted by molar-refractivity contribution is 0.0688. The molecule has 1 aliphatic rings. The summed E-state index contributed by atoms with van der Waals surface area (Å²) in [7, 11) is 0. The van der Waals surface area contributed by atoms with Gasteiger partial charge in [0.25, 0.3) is 5.91 Å². The van der Waals surface area contributed by atoms with E-state index in [0.717, 1.165) is 29.6 Å². The summed E-state index contributed by atoms with van der Waals surface area (Å²) in [6.07, 6.45) is 5.52. The Balaban J connectivity index is 1.47. The third-order valence-electron chi connectivity index (χ3n) is 5.42. The van der Waals surface area contributed by atoms with Crippen molar-refractivity contribution in [2.24, 2.45) is 0 Å². The van der Waals surface area contributed by atoms with Gasteiger partial charge in [0, 0.05) is 36.3 Å². The van der Waals surface area contributed by atoms with Crippen LogP contribution in [0.5, 0.6) is 0 Å². The first kappa shape index (κ1) is 18.5. The number of fused-ring (bicyclic) bond motifs is 1. The Kier molecular flexibility index (Phi) is 4.61. The molecule has 0 aliphatic carbocycles. The van der Waals surface area contributed by atoms with Gasteiger partial charge in [0.05, 0.1) is 23.0 Å². The van der Waals surface area contributed by atoms with E-state index in [9.17, 15) is 4.79 Å². The second-order valence-corrected chi connectivity index (χ2v) is 8.53. The number of aryl methyl sites for hydroxylation is 1. The van der Waals surface area contributed by atoms with Gasteiger partial charge in [-0.05, 0) is 38.0 Å². The van der Waals surface area contributed by atoms with Gasteiger partial charge < -0.3 is 4.90 Å². The maximum atomic E-state index is 13.1. The second-order valence-electron chi connectivity index (χ2n) is 8.53. The fourth-order valence-electron chi connectivity index (χ4n) is 3.61. The van der Waals surface area contributed by atoms with E-state index in [0.29, 0.717) is 24.3 Å². The molecule has 7 nitrogen and oxygen atoms in total. The second kappa shape index (κ2) is 6.96. The largest absolute Gasteiger partial charge is 0.338 e. The van der Waals surface area contributed by atoms with Gasteiger partial charge >= 0.3 is 0 Å². The molecule has 0 atom stereocenters. The van der Waals surface area contributed by atoms with Crippen molar-refractivity contribution in [1.82, 2.24) is 29.9 Å². The lowest BCUT2D eigenvalue weighted by atomic mass is 9.93. The van der Waals surface area contributed by atoms with Crippen LogP contribution < -0.4 is 0 Å². The molecule has 28 heavy (non-hydrogen) atoms. The quantitative estimate of drug-likeness (QED) is 0.684. The lowest BCUT2D eigenvalue weighted by Crippen LogP contribution is -2.39. The molecular weight excluding hydrogens is 352 g/mol. The third-order valence-corrected chi connectivity index (χ3v) is 5.42. The molecule has 3 aromatic heterocycles. The SMILES string of the molecule is Cc1nc2ncccc2cc1C(=O)N1CCC(n2cc(C(C)(C)C)nn2)CC1. The highest BCUT2D eigenvalue weighted by Gasteiger charge is 2.27. The van der Waals surface area contributed by atoms with E-state index in [2.05, 4.69) is 41.1 Å². The van der Waals surface area contributed by atoms with E-state index in [1.807, 2.05) is 40.9 Å². The molecule has 0 saturated carbocycles. The van der Waals surface area contributed by atoms with Gasteiger partial charge in [-0.15, -0.1) is 5.10 Å². The number of hydrogen-bond donors (Lipinski definition) is 0. The van der Waals surface area contributed by atoms with Crippen LogP contribution in [-0.2, 0) is 5.41 Å². The standard InChI is InChI=1S/C21H26N6O/c1-14-17(12-15-6-5-9-22-19(15)23-14)20(28)26-10-7-16(8-11-26)27-13-18(24-25-27)21(2,3)4/h5-6,9,12-13,16H,7-8,10-11H2,1-4H3.